The number of thiophene rings is 1. The van der Waals surface area contributed by atoms with Crippen molar-refractivity contribution in [2.75, 3.05) is 63.1 Å². The largest absolute Gasteiger partial charge is 0.461 e. The van der Waals surface area contributed by atoms with E-state index >= 15 is 22.0 Å². The lowest BCUT2D eigenvalue weighted by molar-refractivity contribution is -0.137. The summed E-state index contributed by atoms with van der Waals surface area (Å²) in [5.74, 6) is -2.20. The molecule has 4 saturated heterocycles. The zero-order valence-electron chi connectivity index (χ0n) is 29.5. The van der Waals surface area contributed by atoms with Crippen LogP contribution < -0.4 is 15.4 Å². The van der Waals surface area contributed by atoms with Crippen molar-refractivity contribution in [1.82, 2.24) is 24.7 Å². The molecular formula is C37H38F6N8O2S. The normalized spacial score (nSPS) is 23.1. The number of nitrogen functional groups attached to an aromatic ring is 1. The number of rotatable bonds is 7. The first-order chi connectivity index (χ1) is 25.8. The van der Waals surface area contributed by atoms with Crippen LogP contribution in [-0.2, 0) is 6.18 Å². The summed E-state index contributed by atoms with van der Waals surface area (Å²) in [6.07, 6.45) is -2.12. The molecule has 2 amide bonds. The summed E-state index contributed by atoms with van der Waals surface area (Å²) in [7, 11) is 0. The third kappa shape index (κ3) is 6.01. The summed E-state index contributed by atoms with van der Waals surface area (Å²) in [6, 6.07) is 3.78. The molecule has 10 nitrogen and oxygen atoms in total. The van der Waals surface area contributed by atoms with Crippen LogP contribution in [-0.4, -0.2) is 101 Å². The van der Waals surface area contributed by atoms with E-state index < -0.39 is 46.2 Å². The van der Waals surface area contributed by atoms with E-state index in [2.05, 4.69) is 9.97 Å². The molecular weight excluding hydrogens is 735 g/mol. The van der Waals surface area contributed by atoms with E-state index in [0.29, 0.717) is 50.4 Å². The van der Waals surface area contributed by atoms with Crippen molar-refractivity contribution >= 4 is 49.2 Å². The topological polar surface area (TPSA) is 115 Å². The van der Waals surface area contributed by atoms with Gasteiger partial charge in [0.1, 0.15) is 41.0 Å². The number of alkyl halides is 4. The van der Waals surface area contributed by atoms with Crippen LogP contribution in [0.25, 0.3) is 32.1 Å². The molecule has 0 aliphatic carbocycles. The maximum Gasteiger partial charge on any atom is 0.417 e. The number of anilines is 2. The highest BCUT2D eigenvalue weighted by Crippen LogP contribution is 2.48. The Labute approximate surface area is 311 Å². The number of nitriles is 1. The summed E-state index contributed by atoms with van der Waals surface area (Å²) in [4.78, 5) is 29.6. The number of nitrogens with two attached hydrogens (primary N) is 1. The van der Waals surface area contributed by atoms with Gasteiger partial charge < -0.3 is 25.2 Å². The van der Waals surface area contributed by atoms with Crippen molar-refractivity contribution in [2.24, 2.45) is 0 Å². The number of likely N-dealkylation sites (tertiary alicyclic amines) is 2. The molecule has 0 radical (unpaired) electrons. The molecule has 0 bridgehead atoms. The van der Waals surface area contributed by atoms with Gasteiger partial charge in [0.25, 0.3) is 0 Å². The monoisotopic (exact) mass is 772 g/mol. The molecule has 2 aromatic carbocycles. The van der Waals surface area contributed by atoms with Crippen molar-refractivity contribution < 1.29 is 35.9 Å². The molecule has 3 atom stereocenters. The number of hydrogen-bond acceptors (Lipinski definition) is 9. The summed E-state index contributed by atoms with van der Waals surface area (Å²) < 4.78 is 98.4. The average Bonchev–Trinajstić information content (AvgIpc) is 3.97. The summed E-state index contributed by atoms with van der Waals surface area (Å²) in [5, 5.41) is 9.29. The Hall–Kier alpha value is -4.56. The molecule has 0 spiro atoms. The van der Waals surface area contributed by atoms with Crippen molar-refractivity contribution in [3.05, 3.63) is 41.0 Å². The molecule has 54 heavy (non-hydrogen) atoms. The molecule has 286 valence electrons. The van der Waals surface area contributed by atoms with Crippen molar-refractivity contribution in [2.45, 2.75) is 69.4 Å². The van der Waals surface area contributed by atoms with E-state index in [1.807, 2.05) is 11.0 Å². The van der Waals surface area contributed by atoms with Gasteiger partial charge in [0, 0.05) is 68.1 Å². The number of amides is 2. The molecule has 8 rings (SSSR count). The minimum atomic E-state index is -5.12. The SMILES string of the molecule is CCN(c1nc(OCC23CCCN2CC(F)C3)nc2c(F)c(-c3ccc(F)c4sc(N)c(C#N)c34)c(C(F)(F)F)cc12)C1CCN(C(=O)N2CCCC2)C1. The number of urea groups is 1. The van der Waals surface area contributed by atoms with Crippen LogP contribution in [0.1, 0.15) is 56.6 Å². The van der Waals surface area contributed by atoms with Gasteiger partial charge in [-0.15, -0.1) is 11.3 Å². The highest BCUT2D eigenvalue weighted by atomic mass is 32.1. The van der Waals surface area contributed by atoms with Crippen LogP contribution >= 0.6 is 11.3 Å². The smallest absolute Gasteiger partial charge is 0.417 e. The van der Waals surface area contributed by atoms with E-state index in [1.54, 1.807) is 21.6 Å². The van der Waals surface area contributed by atoms with Gasteiger partial charge in [0.15, 0.2) is 5.82 Å². The Morgan fingerprint density at radius 2 is 1.91 bits per heavy atom. The molecule has 4 fully saturated rings. The number of aromatic nitrogens is 2. The van der Waals surface area contributed by atoms with Gasteiger partial charge in [-0.2, -0.15) is 28.4 Å². The second kappa shape index (κ2) is 13.6. The molecule has 3 unspecified atom stereocenters. The number of fused-ring (bicyclic) bond motifs is 3. The van der Waals surface area contributed by atoms with Gasteiger partial charge in [0.05, 0.1) is 21.4 Å². The first kappa shape index (κ1) is 36.4. The first-order valence-electron chi connectivity index (χ1n) is 18.2. The highest BCUT2D eigenvalue weighted by Gasteiger charge is 2.49. The second-order valence-corrected chi connectivity index (χ2v) is 15.7. The number of benzene rings is 2. The van der Waals surface area contributed by atoms with E-state index in [1.165, 1.54) is 0 Å². The van der Waals surface area contributed by atoms with Crippen molar-refractivity contribution in [3.8, 4) is 23.2 Å². The Balaban J connectivity index is 1.30. The number of nitrogens with zero attached hydrogens (tertiary/aromatic N) is 7. The molecule has 6 heterocycles. The predicted octanol–water partition coefficient (Wildman–Crippen LogP) is 7.33. The number of hydrogen-bond donors (Lipinski definition) is 1. The predicted molar refractivity (Wildman–Crippen MR) is 192 cm³/mol. The summed E-state index contributed by atoms with van der Waals surface area (Å²) in [5.41, 5.74) is 1.96. The van der Waals surface area contributed by atoms with Crippen LogP contribution in [0.4, 0.5) is 42.0 Å². The lowest BCUT2D eigenvalue weighted by Crippen LogP contribution is -2.44. The Bertz CT molecular complexity index is 2190. The van der Waals surface area contributed by atoms with Gasteiger partial charge in [-0.25, -0.2) is 18.0 Å². The number of carbonyl (C=O) groups excluding carboxylic acids is 1. The fourth-order valence-electron chi connectivity index (χ4n) is 8.98. The van der Waals surface area contributed by atoms with Gasteiger partial charge in [-0.1, -0.05) is 6.07 Å². The third-order valence-corrected chi connectivity index (χ3v) is 12.5. The minimum absolute atomic E-state index is 0.00812. The van der Waals surface area contributed by atoms with Crippen LogP contribution in [0, 0.1) is 23.0 Å². The number of ether oxygens (including phenoxy) is 1. The maximum absolute atomic E-state index is 17.3. The molecule has 0 saturated carbocycles. The molecule has 2 N–H and O–H groups in total. The van der Waals surface area contributed by atoms with E-state index in [-0.39, 0.29) is 88.2 Å². The Morgan fingerprint density at radius 1 is 1.13 bits per heavy atom. The number of carbonyl (C=O) groups is 1. The fourth-order valence-corrected chi connectivity index (χ4v) is 9.93. The van der Waals surface area contributed by atoms with Crippen molar-refractivity contribution in [3.63, 3.8) is 0 Å². The van der Waals surface area contributed by atoms with Crippen LogP contribution in [0.2, 0.25) is 0 Å². The lowest BCUT2D eigenvalue weighted by Gasteiger charge is -2.32. The lowest BCUT2D eigenvalue weighted by atomic mass is 9.92. The van der Waals surface area contributed by atoms with Crippen LogP contribution in [0.15, 0.2) is 18.2 Å². The number of halogens is 6. The van der Waals surface area contributed by atoms with Gasteiger partial charge in [-0.3, -0.25) is 4.90 Å². The van der Waals surface area contributed by atoms with Gasteiger partial charge in [-0.05, 0) is 63.3 Å². The molecule has 4 aliphatic rings. The fraction of sp³-hybridized carbons (Fsp3) is 0.514. The van der Waals surface area contributed by atoms with Crippen molar-refractivity contribution in [1.29, 1.82) is 5.26 Å². The van der Waals surface area contributed by atoms with E-state index in [4.69, 9.17) is 10.5 Å². The number of likely N-dealkylation sites (N-methyl/N-ethyl adjacent to an activating group) is 1. The van der Waals surface area contributed by atoms with E-state index in [9.17, 15) is 14.4 Å². The highest BCUT2D eigenvalue weighted by molar-refractivity contribution is 7.23. The third-order valence-electron chi connectivity index (χ3n) is 11.5. The zero-order valence-corrected chi connectivity index (χ0v) is 30.3. The quantitative estimate of drug-likeness (QED) is 0.194. The Morgan fingerprint density at radius 3 is 2.63 bits per heavy atom. The molecule has 17 heteroatoms. The van der Waals surface area contributed by atoms with Gasteiger partial charge >= 0.3 is 18.2 Å². The van der Waals surface area contributed by atoms with E-state index in [0.717, 1.165) is 37.5 Å². The van der Waals surface area contributed by atoms with Crippen LogP contribution in [0.3, 0.4) is 0 Å². The van der Waals surface area contributed by atoms with Crippen LogP contribution in [0.5, 0.6) is 6.01 Å². The van der Waals surface area contributed by atoms with Gasteiger partial charge in [0.2, 0.25) is 0 Å². The molecule has 4 aliphatic heterocycles. The summed E-state index contributed by atoms with van der Waals surface area (Å²) in [6.45, 7) is 4.98. The summed E-state index contributed by atoms with van der Waals surface area (Å²) >= 11 is 0.686. The molecule has 4 aromatic rings. The average molecular weight is 773 g/mol. The Kier molecular flexibility index (Phi) is 9.19. The minimum Gasteiger partial charge on any atom is -0.461 e. The maximum atomic E-state index is 17.3. The molecule has 2 aromatic heterocycles. The first-order valence-corrected chi connectivity index (χ1v) is 19.0. The second-order valence-electron chi connectivity index (χ2n) is 14.6. The zero-order chi connectivity index (χ0) is 38.1. The standard InChI is InChI=1S/C37H38F6N8O2S/c1-2-51(21-8-13-49(18-21)35(52)48-10-3-4-11-48)33-23-14-25(37(41,42)43)28(22-6-7-26(39)31-27(22)24(16-44)32(45)54-31)29(40)30(23)46-34(47-33)53-19-36-9-5-12-50(36)17-20(38)15-36/h6-7,14,20-21H,2-5,8-13,15,17-19,45H2,1H3.